The smallest absolute Gasteiger partial charge is 0.191 e. The molecule has 2 N–H and O–H groups in total. The van der Waals surface area contributed by atoms with Gasteiger partial charge in [0.2, 0.25) is 0 Å². The molecule has 142 valence electrons. The number of rotatable bonds is 7. The minimum Gasteiger partial charge on any atom is -0.381 e. The molecule has 1 aromatic carbocycles. The number of nitrogens with one attached hydrogen (secondary N) is 2. The van der Waals surface area contributed by atoms with Gasteiger partial charge in [0, 0.05) is 31.1 Å². The zero-order valence-electron chi connectivity index (χ0n) is 15.0. The minimum absolute atomic E-state index is 0. The first-order chi connectivity index (χ1) is 11.7. The summed E-state index contributed by atoms with van der Waals surface area (Å²) in [5, 5.41) is 6.58. The van der Waals surface area contributed by atoms with Crippen molar-refractivity contribution >= 4 is 41.7 Å². The standard InChI is InChI=1S/C18H28FN3OS.HI/c1-3-20-17(21-11-8-15-6-4-5-7-16(15)19)22-14-18(24-2)9-12-23-13-10-18;/h4-7H,3,8-14H2,1-2H3,(H2,20,21,22);1H. The number of thioether (sulfide) groups is 1. The van der Waals surface area contributed by atoms with Crippen LogP contribution in [0, 0.1) is 5.82 Å². The van der Waals surface area contributed by atoms with Gasteiger partial charge in [-0.1, -0.05) is 18.2 Å². The predicted molar refractivity (Wildman–Crippen MR) is 116 cm³/mol. The summed E-state index contributed by atoms with van der Waals surface area (Å²) in [4.78, 5) is 4.76. The number of aliphatic imine (C=N–C) groups is 1. The first-order valence-electron chi connectivity index (χ1n) is 8.57. The molecule has 1 aliphatic rings. The molecule has 0 radical (unpaired) electrons. The molecule has 0 saturated carbocycles. The average molecular weight is 481 g/mol. The molecule has 0 aromatic heterocycles. The first kappa shape index (κ1) is 22.5. The molecule has 0 aliphatic carbocycles. The number of guanidine groups is 1. The van der Waals surface area contributed by atoms with E-state index in [0.717, 1.165) is 50.7 Å². The van der Waals surface area contributed by atoms with Gasteiger partial charge in [-0.3, -0.25) is 4.99 Å². The highest BCUT2D eigenvalue weighted by Crippen LogP contribution is 2.33. The van der Waals surface area contributed by atoms with Crippen LogP contribution in [0.5, 0.6) is 0 Å². The van der Waals surface area contributed by atoms with Gasteiger partial charge in [0.25, 0.3) is 0 Å². The maximum Gasteiger partial charge on any atom is 0.191 e. The second kappa shape index (κ2) is 12.0. The summed E-state index contributed by atoms with van der Waals surface area (Å²) in [5.41, 5.74) is 0.728. The van der Waals surface area contributed by atoms with Crippen molar-refractivity contribution in [1.29, 1.82) is 0 Å². The molecule has 0 unspecified atom stereocenters. The van der Waals surface area contributed by atoms with Crippen molar-refractivity contribution in [3.05, 3.63) is 35.6 Å². The van der Waals surface area contributed by atoms with Gasteiger partial charge in [0.1, 0.15) is 5.82 Å². The van der Waals surface area contributed by atoms with E-state index in [9.17, 15) is 4.39 Å². The minimum atomic E-state index is -0.148. The highest BCUT2D eigenvalue weighted by Gasteiger charge is 2.31. The number of halogens is 2. The summed E-state index contributed by atoms with van der Waals surface area (Å²) < 4.78 is 19.3. The number of ether oxygens (including phenoxy) is 1. The lowest BCUT2D eigenvalue weighted by Crippen LogP contribution is -2.41. The monoisotopic (exact) mass is 481 g/mol. The van der Waals surface area contributed by atoms with E-state index in [2.05, 4.69) is 16.9 Å². The van der Waals surface area contributed by atoms with E-state index < -0.39 is 0 Å². The fourth-order valence-corrected chi connectivity index (χ4v) is 3.52. The van der Waals surface area contributed by atoms with Crippen LogP contribution < -0.4 is 10.6 Å². The predicted octanol–water partition coefficient (Wildman–Crippen LogP) is 3.45. The normalized spacial score (nSPS) is 16.8. The van der Waals surface area contributed by atoms with Gasteiger partial charge in [-0.05, 0) is 44.1 Å². The molecule has 1 fully saturated rings. The molecule has 1 aliphatic heterocycles. The van der Waals surface area contributed by atoms with E-state index in [1.165, 1.54) is 6.07 Å². The Labute approximate surface area is 171 Å². The Hall–Kier alpha value is -0.540. The van der Waals surface area contributed by atoms with Crippen LogP contribution >= 0.6 is 35.7 Å². The lowest BCUT2D eigenvalue weighted by molar-refractivity contribution is 0.0794. The Morgan fingerprint density at radius 1 is 1.28 bits per heavy atom. The summed E-state index contributed by atoms with van der Waals surface area (Å²) in [6, 6.07) is 6.91. The van der Waals surface area contributed by atoms with Crippen molar-refractivity contribution < 1.29 is 9.13 Å². The Bertz CT molecular complexity index is 539. The molecular weight excluding hydrogens is 452 g/mol. The van der Waals surface area contributed by atoms with Crippen LogP contribution in [0.2, 0.25) is 0 Å². The van der Waals surface area contributed by atoms with Gasteiger partial charge in [-0.2, -0.15) is 11.8 Å². The van der Waals surface area contributed by atoms with E-state index in [4.69, 9.17) is 9.73 Å². The van der Waals surface area contributed by atoms with Crippen LogP contribution in [0.25, 0.3) is 0 Å². The van der Waals surface area contributed by atoms with Crippen LogP contribution in [0.1, 0.15) is 25.3 Å². The van der Waals surface area contributed by atoms with Crippen LogP contribution in [-0.2, 0) is 11.2 Å². The van der Waals surface area contributed by atoms with Gasteiger partial charge in [-0.25, -0.2) is 4.39 Å². The van der Waals surface area contributed by atoms with Crippen molar-refractivity contribution in [2.45, 2.75) is 30.9 Å². The highest BCUT2D eigenvalue weighted by molar-refractivity contribution is 14.0. The number of hydrogen-bond donors (Lipinski definition) is 2. The molecular formula is C18H29FIN3OS. The molecule has 25 heavy (non-hydrogen) atoms. The SMILES string of the molecule is CCNC(=NCC1(SC)CCOCC1)NCCc1ccccc1F.I. The molecule has 0 amide bonds. The van der Waals surface area contributed by atoms with E-state index >= 15 is 0 Å². The van der Waals surface area contributed by atoms with Gasteiger partial charge >= 0.3 is 0 Å². The molecule has 4 nitrogen and oxygen atoms in total. The van der Waals surface area contributed by atoms with E-state index in [1.807, 2.05) is 30.8 Å². The third-order valence-corrected chi connectivity index (χ3v) is 5.75. The molecule has 1 saturated heterocycles. The third kappa shape index (κ3) is 7.30. The number of nitrogens with zero attached hydrogens (tertiary/aromatic N) is 1. The fourth-order valence-electron chi connectivity index (χ4n) is 2.75. The van der Waals surface area contributed by atoms with Crippen LogP contribution in [0.15, 0.2) is 29.3 Å². The second-order valence-electron chi connectivity index (χ2n) is 5.96. The Morgan fingerprint density at radius 2 is 2.00 bits per heavy atom. The maximum atomic E-state index is 13.7. The maximum absolute atomic E-state index is 13.7. The van der Waals surface area contributed by atoms with Gasteiger partial charge in [-0.15, -0.1) is 24.0 Å². The lowest BCUT2D eigenvalue weighted by atomic mass is 9.99. The highest BCUT2D eigenvalue weighted by atomic mass is 127. The number of hydrogen-bond acceptors (Lipinski definition) is 3. The van der Waals surface area contributed by atoms with Crippen molar-refractivity contribution in [2.75, 3.05) is 39.1 Å². The Balaban J connectivity index is 0.00000312. The van der Waals surface area contributed by atoms with E-state index in [1.54, 1.807) is 6.07 Å². The Morgan fingerprint density at radius 3 is 2.64 bits per heavy atom. The molecule has 7 heteroatoms. The quantitative estimate of drug-likeness (QED) is 0.356. The summed E-state index contributed by atoms with van der Waals surface area (Å²) in [6.07, 6.45) is 4.86. The van der Waals surface area contributed by atoms with Gasteiger partial charge in [0.05, 0.1) is 6.54 Å². The fraction of sp³-hybridized carbons (Fsp3) is 0.611. The lowest BCUT2D eigenvalue weighted by Gasteiger charge is -2.34. The van der Waals surface area contributed by atoms with Crippen LogP contribution in [0.4, 0.5) is 4.39 Å². The van der Waals surface area contributed by atoms with Crippen molar-refractivity contribution in [2.24, 2.45) is 4.99 Å². The van der Waals surface area contributed by atoms with E-state index in [-0.39, 0.29) is 34.5 Å². The summed E-state index contributed by atoms with van der Waals surface area (Å²) in [5.74, 6) is 0.651. The molecule has 0 bridgehead atoms. The molecule has 1 aromatic rings. The second-order valence-corrected chi connectivity index (χ2v) is 7.24. The summed E-state index contributed by atoms with van der Waals surface area (Å²) in [6.45, 7) is 5.91. The zero-order chi connectivity index (χ0) is 17.3. The zero-order valence-corrected chi connectivity index (χ0v) is 18.2. The summed E-state index contributed by atoms with van der Waals surface area (Å²) in [7, 11) is 0. The number of benzene rings is 1. The molecule has 2 rings (SSSR count). The van der Waals surface area contributed by atoms with E-state index in [0.29, 0.717) is 13.0 Å². The van der Waals surface area contributed by atoms with Crippen molar-refractivity contribution in [3.8, 4) is 0 Å². The molecule has 0 spiro atoms. The first-order valence-corrected chi connectivity index (χ1v) is 9.80. The molecule has 0 atom stereocenters. The summed E-state index contributed by atoms with van der Waals surface area (Å²) >= 11 is 1.88. The van der Waals surface area contributed by atoms with Gasteiger partial charge < -0.3 is 15.4 Å². The largest absolute Gasteiger partial charge is 0.381 e. The third-order valence-electron chi connectivity index (χ3n) is 4.35. The Kier molecular flexibility index (Phi) is 10.8. The van der Waals surface area contributed by atoms with Gasteiger partial charge in [0.15, 0.2) is 5.96 Å². The topological polar surface area (TPSA) is 45.7 Å². The molecule has 1 heterocycles. The van der Waals surface area contributed by atoms with Crippen LogP contribution in [-0.4, -0.2) is 49.8 Å². The van der Waals surface area contributed by atoms with Crippen molar-refractivity contribution in [3.63, 3.8) is 0 Å². The van der Waals surface area contributed by atoms with Crippen LogP contribution in [0.3, 0.4) is 0 Å². The van der Waals surface area contributed by atoms with Crippen molar-refractivity contribution in [1.82, 2.24) is 10.6 Å². The average Bonchev–Trinajstić information content (AvgIpc) is 2.62.